The van der Waals surface area contributed by atoms with E-state index in [4.69, 9.17) is 0 Å². The zero-order valence-electron chi connectivity index (χ0n) is 10.8. The summed E-state index contributed by atoms with van der Waals surface area (Å²) in [7, 11) is 1.74. The van der Waals surface area contributed by atoms with Gasteiger partial charge in [-0.3, -0.25) is 9.78 Å². The number of rotatable bonds is 3. The van der Waals surface area contributed by atoms with Gasteiger partial charge in [0.05, 0.1) is 12.2 Å². The lowest BCUT2D eigenvalue weighted by molar-refractivity contribution is 0.0776. The van der Waals surface area contributed by atoms with Gasteiger partial charge in [0.15, 0.2) is 0 Å². The number of pyridine rings is 2. The summed E-state index contributed by atoms with van der Waals surface area (Å²) in [5.74, 6) is -0.129. The monoisotopic (exact) mass is 319 g/mol. The van der Waals surface area contributed by atoms with Crippen LogP contribution in [-0.2, 0) is 6.54 Å². The Hall–Kier alpha value is -1.75. The lowest BCUT2D eigenvalue weighted by atomic mass is 10.2. The van der Waals surface area contributed by atoms with Crippen molar-refractivity contribution in [2.24, 2.45) is 0 Å². The summed E-state index contributed by atoms with van der Waals surface area (Å²) < 4.78 is 0.698. The number of aromatic nitrogens is 2. The van der Waals surface area contributed by atoms with Crippen molar-refractivity contribution in [1.82, 2.24) is 14.9 Å². The molecule has 0 aliphatic heterocycles. The number of nitrogens with zero attached hydrogens (tertiary/aromatic N) is 3. The topological polar surface area (TPSA) is 46.1 Å². The van der Waals surface area contributed by atoms with E-state index in [1.165, 1.54) is 0 Å². The van der Waals surface area contributed by atoms with Crippen LogP contribution in [0.15, 0.2) is 41.0 Å². The molecule has 0 aliphatic carbocycles. The summed E-state index contributed by atoms with van der Waals surface area (Å²) in [6.45, 7) is 2.39. The minimum absolute atomic E-state index is 0.129. The van der Waals surface area contributed by atoms with Crippen molar-refractivity contribution in [3.05, 3.63) is 58.1 Å². The van der Waals surface area contributed by atoms with Gasteiger partial charge in [-0.2, -0.15) is 0 Å². The second-order valence-corrected chi connectivity index (χ2v) is 5.12. The van der Waals surface area contributed by atoms with Crippen LogP contribution in [-0.4, -0.2) is 27.8 Å². The molecule has 0 spiro atoms. The standard InChI is InChI=1S/C14H14BrN3O/c1-10-5-3-6-11(17-10)9-18(2)14(19)13-12(15)7-4-8-16-13/h3-8H,9H2,1-2H3. The van der Waals surface area contributed by atoms with Crippen molar-refractivity contribution in [3.63, 3.8) is 0 Å². The molecule has 5 heteroatoms. The SMILES string of the molecule is Cc1cccc(CN(C)C(=O)c2ncccc2Br)n1. The third-order valence-electron chi connectivity index (χ3n) is 2.65. The normalized spacial score (nSPS) is 10.3. The highest BCUT2D eigenvalue weighted by atomic mass is 79.9. The lowest BCUT2D eigenvalue weighted by Crippen LogP contribution is -2.27. The first-order valence-corrected chi connectivity index (χ1v) is 6.66. The molecule has 0 radical (unpaired) electrons. The summed E-state index contributed by atoms with van der Waals surface area (Å²) in [6.07, 6.45) is 1.61. The molecule has 98 valence electrons. The minimum atomic E-state index is -0.129. The fourth-order valence-electron chi connectivity index (χ4n) is 1.73. The van der Waals surface area contributed by atoms with Gasteiger partial charge < -0.3 is 4.90 Å². The minimum Gasteiger partial charge on any atom is -0.334 e. The largest absolute Gasteiger partial charge is 0.334 e. The summed E-state index contributed by atoms with van der Waals surface area (Å²) in [5, 5.41) is 0. The maximum absolute atomic E-state index is 12.3. The van der Waals surface area contributed by atoms with E-state index in [-0.39, 0.29) is 5.91 Å². The molecule has 0 aliphatic rings. The number of amides is 1. The van der Waals surface area contributed by atoms with Crippen LogP contribution in [0, 0.1) is 6.92 Å². The van der Waals surface area contributed by atoms with Gasteiger partial charge in [-0.1, -0.05) is 6.07 Å². The second-order valence-electron chi connectivity index (χ2n) is 4.27. The van der Waals surface area contributed by atoms with Crippen LogP contribution in [0.1, 0.15) is 21.9 Å². The summed E-state index contributed by atoms with van der Waals surface area (Å²) in [6, 6.07) is 9.36. The fourth-order valence-corrected chi connectivity index (χ4v) is 2.15. The highest BCUT2D eigenvalue weighted by molar-refractivity contribution is 9.10. The van der Waals surface area contributed by atoms with E-state index in [9.17, 15) is 4.79 Å². The zero-order chi connectivity index (χ0) is 13.8. The first kappa shape index (κ1) is 13.7. The fraction of sp³-hybridized carbons (Fsp3) is 0.214. The maximum Gasteiger partial charge on any atom is 0.273 e. The molecule has 0 N–H and O–H groups in total. The Labute approximate surface area is 120 Å². The Morgan fingerprint density at radius 2 is 2.11 bits per heavy atom. The van der Waals surface area contributed by atoms with Crippen LogP contribution in [0.3, 0.4) is 0 Å². The van der Waals surface area contributed by atoms with Gasteiger partial charge >= 0.3 is 0 Å². The van der Waals surface area contributed by atoms with Gasteiger partial charge in [0.2, 0.25) is 0 Å². The van der Waals surface area contributed by atoms with Crippen molar-refractivity contribution >= 4 is 21.8 Å². The first-order valence-electron chi connectivity index (χ1n) is 5.86. The Morgan fingerprint density at radius 1 is 1.32 bits per heavy atom. The molecule has 0 saturated carbocycles. The Balaban J connectivity index is 2.14. The molecular formula is C14H14BrN3O. The summed E-state index contributed by atoms with van der Waals surface area (Å²) >= 11 is 3.34. The third-order valence-corrected chi connectivity index (χ3v) is 3.29. The Kier molecular flexibility index (Phi) is 4.27. The molecule has 0 unspecified atom stereocenters. The van der Waals surface area contributed by atoms with E-state index in [1.807, 2.05) is 25.1 Å². The van der Waals surface area contributed by atoms with E-state index >= 15 is 0 Å². The van der Waals surface area contributed by atoms with Crippen molar-refractivity contribution in [1.29, 1.82) is 0 Å². The van der Waals surface area contributed by atoms with E-state index in [0.717, 1.165) is 11.4 Å². The lowest BCUT2D eigenvalue weighted by Gasteiger charge is -2.17. The van der Waals surface area contributed by atoms with Gasteiger partial charge in [-0.25, -0.2) is 4.98 Å². The average molecular weight is 320 g/mol. The van der Waals surface area contributed by atoms with Crippen molar-refractivity contribution in [2.45, 2.75) is 13.5 Å². The molecule has 0 atom stereocenters. The molecule has 0 bridgehead atoms. The van der Waals surface area contributed by atoms with Gasteiger partial charge in [0.25, 0.3) is 5.91 Å². The second kappa shape index (κ2) is 5.93. The number of hydrogen-bond donors (Lipinski definition) is 0. The van der Waals surface area contributed by atoms with Crippen LogP contribution in [0.5, 0.6) is 0 Å². The summed E-state index contributed by atoms with van der Waals surface area (Å²) in [5.41, 5.74) is 2.22. The molecule has 2 heterocycles. The van der Waals surface area contributed by atoms with Crippen molar-refractivity contribution in [3.8, 4) is 0 Å². The molecule has 1 amide bonds. The molecule has 2 aromatic rings. The number of aryl methyl sites for hydroxylation is 1. The molecule has 2 rings (SSSR count). The summed E-state index contributed by atoms with van der Waals surface area (Å²) in [4.78, 5) is 22.4. The highest BCUT2D eigenvalue weighted by Gasteiger charge is 2.16. The molecule has 19 heavy (non-hydrogen) atoms. The van der Waals surface area contributed by atoms with Crippen LogP contribution in [0.25, 0.3) is 0 Å². The van der Waals surface area contributed by atoms with Crippen LogP contribution in [0.4, 0.5) is 0 Å². The smallest absolute Gasteiger partial charge is 0.273 e. The average Bonchev–Trinajstić information content (AvgIpc) is 2.38. The zero-order valence-corrected chi connectivity index (χ0v) is 12.4. The molecule has 0 fully saturated rings. The predicted molar refractivity (Wildman–Crippen MR) is 76.7 cm³/mol. The number of hydrogen-bond acceptors (Lipinski definition) is 3. The van der Waals surface area contributed by atoms with E-state index < -0.39 is 0 Å². The first-order chi connectivity index (χ1) is 9.08. The van der Waals surface area contributed by atoms with Gasteiger partial charge in [-0.15, -0.1) is 0 Å². The number of carbonyl (C=O) groups excluding carboxylic acids is 1. The van der Waals surface area contributed by atoms with Gasteiger partial charge in [0, 0.05) is 23.4 Å². The van der Waals surface area contributed by atoms with Crippen LogP contribution in [0.2, 0.25) is 0 Å². The van der Waals surface area contributed by atoms with E-state index in [2.05, 4.69) is 25.9 Å². The van der Waals surface area contributed by atoms with Crippen LogP contribution < -0.4 is 0 Å². The maximum atomic E-state index is 12.3. The number of halogens is 1. The van der Waals surface area contributed by atoms with Crippen LogP contribution >= 0.6 is 15.9 Å². The predicted octanol–water partition coefficient (Wildman–Crippen LogP) is 2.82. The molecule has 0 aromatic carbocycles. The van der Waals surface area contributed by atoms with Crippen molar-refractivity contribution < 1.29 is 4.79 Å². The van der Waals surface area contributed by atoms with Gasteiger partial charge in [-0.05, 0) is 47.1 Å². The Bertz CT molecular complexity index is 601. The van der Waals surface area contributed by atoms with E-state index in [0.29, 0.717) is 16.7 Å². The van der Waals surface area contributed by atoms with E-state index in [1.54, 1.807) is 30.3 Å². The Morgan fingerprint density at radius 3 is 2.79 bits per heavy atom. The van der Waals surface area contributed by atoms with Gasteiger partial charge in [0.1, 0.15) is 5.69 Å². The number of carbonyl (C=O) groups is 1. The molecule has 4 nitrogen and oxygen atoms in total. The molecule has 0 saturated heterocycles. The molecular weight excluding hydrogens is 306 g/mol. The third kappa shape index (κ3) is 3.38. The van der Waals surface area contributed by atoms with Crippen molar-refractivity contribution in [2.75, 3.05) is 7.05 Å². The highest BCUT2D eigenvalue weighted by Crippen LogP contribution is 2.15. The molecule has 2 aromatic heterocycles. The quantitative estimate of drug-likeness (QED) is 0.874.